The number of amides is 1. The van der Waals surface area contributed by atoms with Crippen LogP contribution in [0.25, 0.3) is 0 Å². The highest BCUT2D eigenvalue weighted by Crippen LogP contribution is 2.28. The third kappa shape index (κ3) is 5.19. The molecular weight excluding hydrogens is 401 g/mol. The quantitative estimate of drug-likeness (QED) is 0.752. The molecule has 0 aliphatic heterocycles. The van der Waals surface area contributed by atoms with Crippen molar-refractivity contribution >= 4 is 33.4 Å². The van der Waals surface area contributed by atoms with Gasteiger partial charge in [0.25, 0.3) is 5.91 Å². The molecule has 0 saturated heterocycles. The van der Waals surface area contributed by atoms with E-state index in [0.717, 1.165) is 0 Å². The standard InChI is InChI=1S/C17H16BrClFNO3/c1-10(24-16-7-4-12(19)8-14(16)18)17(23)21-9-15(22)11-2-5-13(20)6-3-11/h2-8,10,15,22H,9H2,1H3,(H,21,23). The fourth-order valence-electron chi connectivity index (χ4n) is 1.96. The highest BCUT2D eigenvalue weighted by molar-refractivity contribution is 9.10. The molecule has 0 aromatic heterocycles. The Balaban J connectivity index is 1.88. The van der Waals surface area contributed by atoms with E-state index in [1.54, 1.807) is 25.1 Å². The molecule has 7 heteroatoms. The van der Waals surface area contributed by atoms with Gasteiger partial charge < -0.3 is 15.2 Å². The maximum atomic E-state index is 12.9. The number of rotatable bonds is 6. The minimum Gasteiger partial charge on any atom is -0.480 e. The third-order valence-electron chi connectivity index (χ3n) is 3.29. The smallest absolute Gasteiger partial charge is 0.260 e. The molecule has 2 aromatic carbocycles. The summed E-state index contributed by atoms with van der Waals surface area (Å²) in [5.74, 6) is -0.273. The van der Waals surface area contributed by atoms with E-state index in [2.05, 4.69) is 21.2 Å². The van der Waals surface area contributed by atoms with Crippen molar-refractivity contribution in [1.29, 1.82) is 0 Å². The van der Waals surface area contributed by atoms with Gasteiger partial charge in [0.05, 0.1) is 10.6 Å². The van der Waals surface area contributed by atoms with E-state index in [-0.39, 0.29) is 18.3 Å². The molecule has 0 fully saturated rings. The van der Waals surface area contributed by atoms with Crippen LogP contribution >= 0.6 is 27.5 Å². The van der Waals surface area contributed by atoms with Crippen molar-refractivity contribution < 1.29 is 19.0 Å². The number of benzene rings is 2. The van der Waals surface area contributed by atoms with E-state index < -0.39 is 12.2 Å². The summed E-state index contributed by atoms with van der Waals surface area (Å²) in [6.45, 7) is 1.60. The van der Waals surface area contributed by atoms with Crippen molar-refractivity contribution in [3.8, 4) is 5.75 Å². The highest BCUT2D eigenvalue weighted by Gasteiger charge is 2.17. The van der Waals surface area contributed by atoms with Crippen LogP contribution in [0.5, 0.6) is 5.75 Å². The zero-order valence-corrected chi connectivity index (χ0v) is 15.1. The summed E-state index contributed by atoms with van der Waals surface area (Å²) in [7, 11) is 0. The second kappa shape index (κ2) is 8.46. The molecule has 0 radical (unpaired) electrons. The molecule has 2 rings (SSSR count). The Morgan fingerprint density at radius 2 is 2.00 bits per heavy atom. The van der Waals surface area contributed by atoms with Gasteiger partial charge in [0.1, 0.15) is 11.6 Å². The fourth-order valence-corrected chi connectivity index (χ4v) is 2.73. The lowest BCUT2D eigenvalue weighted by Gasteiger charge is -2.17. The second-order valence-corrected chi connectivity index (χ2v) is 6.44. The lowest BCUT2D eigenvalue weighted by atomic mass is 10.1. The number of nitrogens with one attached hydrogen (secondary N) is 1. The molecule has 4 nitrogen and oxygen atoms in total. The maximum Gasteiger partial charge on any atom is 0.260 e. The molecule has 0 aliphatic carbocycles. The van der Waals surface area contributed by atoms with E-state index in [1.807, 2.05) is 0 Å². The minimum atomic E-state index is -0.927. The average molecular weight is 417 g/mol. The van der Waals surface area contributed by atoms with Crippen LogP contribution in [0.4, 0.5) is 4.39 Å². The zero-order chi connectivity index (χ0) is 17.7. The molecule has 0 saturated carbocycles. The lowest BCUT2D eigenvalue weighted by Crippen LogP contribution is -2.38. The number of hydrogen-bond donors (Lipinski definition) is 2. The second-order valence-electron chi connectivity index (χ2n) is 5.15. The van der Waals surface area contributed by atoms with E-state index in [0.29, 0.717) is 20.8 Å². The summed E-state index contributed by atoms with van der Waals surface area (Å²) in [6, 6.07) is 10.4. The molecule has 0 aliphatic rings. The molecule has 2 atom stereocenters. The summed E-state index contributed by atoms with van der Waals surface area (Å²) in [4.78, 5) is 12.1. The Hall–Kier alpha value is -1.63. The van der Waals surface area contributed by atoms with Crippen LogP contribution in [0.15, 0.2) is 46.9 Å². The Morgan fingerprint density at radius 3 is 2.62 bits per heavy atom. The topological polar surface area (TPSA) is 58.6 Å². The van der Waals surface area contributed by atoms with Crippen LogP contribution in [0.2, 0.25) is 5.02 Å². The Morgan fingerprint density at radius 1 is 1.33 bits per heavy atom. The molecule has 0 bridgehead atoms. The molecule has 2 unspecified atom stereocenters. The van der Waals surface area contributed by atoms with Crippen LogP contribution in [-0.2, 0) is 4.79 Å². The van der Waals surface area contributed by atoms with Crippen molar-refractivity contribution in [2.24, 2.45) is 0 Å². The number of halogens is 3. The third-order valence-corrected chi connectivity index (χ3v) is 4.15. The SMILES string of the molecule is CC(Oc1ccc(Cl)cc1Br)C(=O)NCC(O)c1ccc(F)cc1. The van der Waals surface area contributed by atoms with Gasteiger partial charge in [0.15, 0.2) is 6.10 Å². The Kier molecular flexibility index (Phi) is 6.60. The summed E-state index contributed by atoms with van der Waals surface area (Å²) in [5.41, 5.74) is 0.519. The maximum absolute atomic E-state index is 12.9. The number of ether oxygens (including phenoxy) is 1. The van der Waals surface area contributed by atoms with Crippen LogP contribution in [0, 0.1) is 5.82 Å². The van der Waals surface area contributed by atoms with Gasteiger partial charge in [-0.3, -0.25) is 4.79 Å². The molecule has 128 valence electrons. The monoisotopic (exact) mass is 415 g/mol. The molecule has 2 N–H and O–H groups in total. The van der Waals surface area contributed by atoms with Crippen molar-refractivity contribution in [2.75, 3.05) is 6.54 Å². The van der Waals surface area contributed by atoms with Gasteiger partial charge >= 0.3 is 0 Å². The van der Waals surface area contributed by atoms with Crippen LogP contribution in [0.1, 0.15) is 18.6 Å². The summed E-state index contributed by atoms with van der Waals surface area (Å²) < 4.78 is 19.1. The van der Waals surface area contributed by atoms with Gasteiger partial charge in [-0.2, -0.15) is 0 Å². The number of carbonyl (C=O) groups excluding carboxylic acids is 1. The van der Waals surface area contributed by atoms with Crippen molar-refractivity contribution in [3.63, 3.8) is 0 Å². The average Bonchev–Trinajstić information content (AvgIpc) is 2.55. The molecule has 24 heavy (non-hydrogen) atoms. The van der Waals surface area contributed by atoms with Crippen molar-refractivity contribution in [1.82, 2.24) is 5.32 Å². The van der Waals surface area contributed by atoms with Gasteiger partial charge in [-0.25, -0.2) is 4.39 Å². The normalized spacial score (nSPS) is 13.2. The number of hydrogen-bond acceptors (Lipinski definition) is 3. The van der Waals surface area contributed by atoms with Gasteiger partial charge in [0, 0.05) is 11.6 Å². The van der Waals surface area contributed by atoms with Crippen LogP contribution < -0.4 is 10.1 Å². The predicted molar refractivity (Wildman–Crippen MR) is 93.6 cm³/mol. The van der Waals surface area contributed by atoms with Gasteiger partial charge in [-0.1, -0.05) is 23.7 Å². The van der Waals surface area contributed by atoms with Crippen LogP contribution in [0.3, 0.4) is 0 Å². The number of aliphatic hydroxyl groups is 1. The van der Waals surface area contributed by atoms with Gasteiger partial charge in [-0.05, 0) is 58.7 Å². The molecule has 0 spiro atoms. The molecular formula is C17H16BrClFNO3. The van der Waals surface area contributed by atoms with Crippen molar-refractivity contribution in [3.05, 3.63) is 63.3 Å². The predicted octanol–water partition coefficient (Wildman–Crippen LogP) is 3.86. The van der Waals surface area contributed by atoms with E-state index in [4.69, 9.17) is 16.3 Å². The zero-order valence-electron chi connectivity index (χ0n) is 12.8. The van der Waals surface area contributed by atoms with E-state index in [1.165, 1.54) is 24.3 Å². The summed E-state index contributed by atoms with van der Waals surface area (Å²) >= 11 is 9.16. The van der Waals surface area contributed by atoms with E-state index >= 15 is 0 Å². The first kappa shape index (κ1) is 18.7. The van der Waals surface area contributed by atoms with Gasteiger partial charge in [-0.15, -0.1) is 0 Å². The van der Waals surface area contributed by atoms with Gasteiger partial charge in [0.2, 0.25) is 0 Å². The Labute approximate surface area is 152 Å². The molecule has 0 heterocycles. The largest absolute Gasteiger partial charge is 0.480 e. The Bertz CT molecular complexity index is 711. The van der Waals surface area contributed by atoms with Crippen LogP contribution in [-0.4, -0.2) is 23.7 Å². The fraction of sp³-hybridized carbons (Fsp3) is 0.235. The highest BCUT2D eigenvalue weighted by atomic mass is 79.9. The summed E-state index contributed by atoms with van der Waals surface area (Å²) in [5, 5.41) is 13.2. The first-order valence-electron chi connectivity index (χ1n) is 7.19. The first-order valence-corrected chi connectivity index (χ1v) is 8.37. The number of aliphatic hydroxyl groups excluding tert-OH is 1. The summed E-state index contributed by atoms with van der Waals surface area (Å²) in [6.07, 6.45) is -1.69. The first-order chi connectivity index (χ1) is 11.4. The molecule has 2 aromatic rings. The van der Waals surface area contributed by atoms with E-state index in [9.17, 15) is 14.3 Å². The lowest BCUT2D eigenvalue weighted by molar-refractivity contribution is -0.127. The van der Waals surface area contributed by atoms with Crippen molar-refractivity contribution in [2.45, 2.75) is 19.1 Å². The minimum absolute atomic E-state index is 0.0000464. The molecule has 1 amide bonds. The number of carbonyl (C=O) groups is 1.